The molecule has 1 aliphatic heterocycles. The number of hydrogen-bond acceptors (Lipinski definition) is 5. The standard InChI is InChI=1S/C24H18BrN3O3S/c1-2-31-24(30)15-7-11-17(12-8-15)28-22(14-5-9-16(25)10-6-14)19-20(18-4-3-13-32-18)26-27-21(19)23(28)29/h3-13,22H,2H2,1H3,(H,26,27). The molecule has 4 aromatic rings. The Morgan fingerprint density at radius 3 is 2.56 bits per heavy atom. The Morgan fingerprint density at radius 1 is 1.16 bits per heavy atom. The topological polar surface area (TPSA) is 75.3 Å². The summed E-state index contributed by atoms with van der Waals surface area (Å²) in [6, 6.07) is 18.5. The fraction of sp³-hybridized carbons (Fsp3) is 0.125. The highest BCUT2D eigenvalue weighted by molar-refractivity contribution is 9.10. The molecule has 1 amide bonds. The van der Waals surface area contributed by atoms with E-state index in [1.54, 1.807) is 47.4 Å². The fourth-order valence-electron chi connectivity index (χ4n) is 3.95. The number of benzene rings is 2. The Hall–Kier alpha value is -3.23. The molecule has 8 heteroatoms. The first kappa shape index (κ1) is 20.7. The minimum Gasteiger partial charge on any atom is -0.462 e. The van der Waals surface area contributed by atoms with Crippen LogP contribution in [-0.4, -0.2) is 28.7 Å². The quantitative estimate of drug-likeness (QED) is 0.345. The number of aromatic nitrogens is 2. The number of H-pyrrole nitrogens is 1. The lowest BCUT2D eigenvalue weighted by Gasteiger charge is -2.26. The molecular weight excluding hydrogens is 490 g/mol. The normalized spacial score (nSPS) is 15.1. The molecule has 0 fully saturated rings. The summed E-state index contributed by atoms with van der Waals surface area (Å²) < 4.78 is 6.03. The van der Waals surface area contributed by atoms with Crippen molar-refractivity contribution in [3.63, 3.8) is 0 Å². The zero-order chi connectivity index (χ0) is 22.2. The van der Waals surface area contributed by atoms with Gasteiger partial charge in [0.15, 0.2) is 5.69 Å². The molecule has 0 radical (unpaired) electrons. The minimum atomic E-state index is -0.385. The van der Waals surface area contributed by atoms with Crippen LogP contribution in [0.4, 0.5) is 5.69 Å². The summed E-state index contributed by atoms with van der Waals surface area (Å²) in [6.07, 6.45) is 0. The maximum absolute atomic E-state index is 13.5. The highest BCUT2D eigenvalue weighted by atomic mass is 79.9. The van der Waals surface area contributed by atoms with Crippen molar-refractivity contribution in [3.8, 4) is 10.6 Å². The van der Waals surface area contributed by atoms with E-state index in [1.165, 1.54) is 0 Å². The molecule has 5 rings (SSSR count). The first-order valence-electron chi connectivity index (χ1n) is 10.1. The summed E-state index contributed by atoms with van der Waals surface area (Å²) in [6.45, 7) is 2.08. The van der Waals surface area contributed by atoms with Crippen molar-refractivity contribution in [3.05, 3.63) is 92.9 Å². The number of ether oxygens (including phenoxy) is 1. The van der Waals surface area contributed by atoms with Crippen LogP contribution >= 0.6 is 27.3 Å². The molecule has 1 unspecified atom stereocenters. The lowest BCUT2D eigenvalue weighted by molar-refractivity contribution is 0.0526. The lowest BCUT2D eigenvalue weighted by atomic mass is 9.98. The molecule has 1 atom stereocenters. The van der Waals surface area contributed by atoms with Crippen LogP contribution in [0.5, 0.6) is 0 Å². The number of carbonyl (C=O) groups excluding carboxylic acids is 2. The molecule has 0 saturated carbocycles. The molecule has 0 saturated heterocycles. The summed E-state index contributed by atoms with van der Waals surface area (Å²) in [5.41, 5.74) is 4.21. The third kappa shape index (κ3) is 3.45. The third-order valence-electron chi connectivity index (χ3n) is 5.37. The molecule has 1 N–H and O–H groups in total. The van der Waals surface area contributed by atoms with Crippen LogP contribution in [0.3, 0.4) is 0 Å². The number of anilines is 1. The van der Waals surface area contributed by atoms with E-state index in [-0.39, 0.29) is 17.9 Å². The summed E-state index contributed by atoms with van der Waals surface area (Å²) in [7, 11) is 0. The monoisotopic (exact) mass is 507 g/mol. The molecule has 0 bridgehead atoms. The molecule has 160 valence electrons. The van der Waals surface area contributed by atoms with Crippen molar-refractivity contribution in [2.45, 2.75) is 13.0 Å². The Morgan fingerprint density at radius 2 is 1.91 bits per heavy atom. The van der Waals surface area contributed by atoms with Crippen molar-refractivity contribution >= 4 is 44.8 Å². The molecule has 0 spiro atoms. The Kier molecular flexibility index (Phi) is 5.40. The lowest BCUT2D eigenvalue weighted by Crippen LogP contribution is -2.29. The van der Waals surface area contributed by atoms with Gasteiger partial charge in [-0.1, -0.05) is 34.1 Å². The maximum Gasteiger partial charge on any atom is 0.338 e. The number of nitrogens with zero attached hydrogens (tertiary/aromatic N) is 2. The molecule has 2 aromatic carbocycles. The second kappa shape index (κ2) is 8.37. The van der Waals surface area contributed by atoms with Crippen LogP contribution in [0.15, 0.2) is 70.5 Å². The number of esters is 1. The summed E-state index contributed by atoms with van der Waals surface area (Å²) in [4.78, 5) is 28.3. The largest absolute Gasteiger partial charge is 0.462 e. The van der Waals surface area contributed by atoms with Gasteiger partial charge >= 0.3 is 5.97 Å². The fourth-order valence-corrected chi connectivity index (χ4v) is 4.95. The Balaban J connectivity index is 1.62. The zero-order valence-electron chi connectivity index (χ0n) is 17.0. The number of aromatic amines is 1. The SMILES string of the molecule is CCOC(=O)c1ccc(N2C(=O)c3n[nH]c(-c4cccs4)c3C2c2ccc(Br)cc2)cc1. The molecule has 32 heavy (non-hydrogen) atoms. The number of nitrogens with one attached hydrogen (secondary N) is 1. The summed E-state index contributed by atoms with van der Waals surface area (Å²) >= 11 is 5.08. The van der Waals surface area contributed by atoms with Gasteiger partial charge in [-0.25, -0.2) is 4.79 Å². The van der Waals surface area contributed by atoms with Gasteiger partial charge in [0.1, 0.15) is 0 Å². The van der Waals surface area contributed by atoms with E-state index in [1.807, 2.05) is 41.8 Å². The van der Waals surface area contributed by atoms with Crippen molar-refractivity contribution in [2.75, 3.05) is 11.5 Å². The van der Waals surface area contributed by atoms with Crippen LogP contribution in [0, 0.1) is 0 Å². The molecular formula is C24H18BrN3O3S. The van der Waals surface area contributed by atoms with Gasteiger partial charge in [0.2, 0.25) is 0 Å². The van der Waals surface area contributed by atoms with Gasteiger partial charge in [-0.15, -0.1) is 11.3 Å². The van der Waals surface area contributed by atoms with Crippen LogP contribution in [0.1, 0.15) is 44.9 Å². The van der Waals surface area contributed by atoms with Crippen LogP contribution in [0.2, 0.25) is 0 Å². The van der Waals surface area contributed by atoms with Gasteiger partial charge in [0.25, 0.3) is 5.91 Å². The van der Waals surface area contributed by atoms with Crippen molar-refractivity contribution in [2.24, 2.45) is 0 Å². The number of fused-ring (bicyclic) bond motifs is 1. The smallest absolute Gasteiger partial charge is 0.338 e. The number of rotatable bonds is 5. The van der Waals surface area contributed by atoms with Gasteiger partial charge in [-0.05, 0) is 60.3 Å². The summed E-state index contributed by atoms with van der Waals surface area (Å²) in [5.74, 6) is -0.569. The molecule has 2 aromatic heterocycles. The van der Waals surface area contributed by atoms with E-state index in [4.69, 9.17) is 4.74 Å². The van der Waals surface area contributed by atoms with Crippen LogP contribution in [-0.2, 0) is 4.74 Å². The third-order valence-corrected chi connectivity index (χ3v) is 6.78. The highest BCUT2D eigenvalue weighted by Crippen LogP contribution is 2.45. The van der Waals surface area contributed by atoms with E-state index in [0.717, 1.165) is 26.2 Å². The van der Waals surface area contributed by atoms with Crippen molar-refractivity contribution in [1.82, 2.24) is 10.2 Å². The van der Waals surface area contributed by atoms with Gasteiger partial charge in [-0.3, -0.25) is 14.8 Å². The van der Waals surface area contributed by atoms with Gasteiger partial charge in [-0.2, -0.15) is 5.10 Å². The van der Waals surface area contributed by atoms with Gasteiger partial charge in [0.05, 0.1) is 28.8 Å². The van der Waals surface area contributed by atoms with Crippen molar-refractivity contribution in [1.29, 1.82) is 0 Å². The zero-order valence-corrected chi connectivity index (χ0v) is 19.4. The van der Waals surface area contributed by atoms with Crippen molar-refractivity contribution < 1.29 is 14.3 Å². The average Bonchev–Trinajstić information content (AvgIpc) is 3.53. The average molecular weight is 508 g/mol. The van der Waals surface area contributed by atoms with Gasteiger partial charge in [0, 0.05) is 15.7 Å². The van der Waals surface area contributed by atoms with E-state index >= 15 is 0 Å². The predicted octanol–water partition coefficient (Wildman–Crippen LogP) is 5.83. The predicted molar refractivity (Wildman–Crippen MR) is 127 cm³/mol. The second-order valence-corrected chi connectivity index (χ2v) is 9.10. The number of halogens is 1. The van der Waals surface area contributed by atoms with E-state index in [9.17, 15) is 9.59 Å². The van der Waals surface area contributed by atoms with E-state index in [0.29, 0.717) is 23.6 Å². The maximum atomic E-state index is 13.5. The molecule has 0 aliphatic carbocycles. The molecule has 3 heterocycles. The number of thiophene rings is 1. The van der Waals surface area contributed by atoms with Gasteiger partial charge < -0.3 is 4.74 Å². The minimum absolute atomic E-state index is 0.184. The van der Waals surface area contributed by atoms with E-state index in [2.05, 4.69) is 26.1 Å². The van der Waals surface area contributed by atoms with Crippen LogP contribution < -0.4 is 4.90 Å². The Labute approximate surface area is 197 Å². The first-order chi connectivity index (χ1) is 15.6. The second-order valence-electron chi connectivity index (χ2n) is 7.23. The number of amides is 1. The molecule has 6 nitrogen and oxygen atoms in total. The van der Waals surface area contributed by atoms with Crippen LogP contribution in [0.25, 0.3) is 10.6 Å². The summed E-state index contributed by atoms with van der Waals surface area (Å²) in [5, 5.41) is 9.45. The number of hydrogen-bond donors (Lipinski definition) is 1. The Bertz CT molecular complexity index is 1280. The first-order valence-corrected chi connectivity index (χ1v) is 11.7. The number of carbonyl (C=O) groups is 2. The molecule has 1 aliphatic rings. The highest BCUT2D eigenvalue weighted by Gasteiger charge is 2.43. The van der Waals surface area contributed by atoms with E-state index < -0.39 is 0 Å².